The molecule has 1 aromatic rings. The van der Waals surface area contributed by atoms with Gasteiger partial charge in [-0.15, -0.1) is 0 Å². The van der Waals surface area contributed by atoms with Crippen molar-refractivity contribution in [2.45, 2.75) is 32.0 Å². The molecule has 0 saturated carbocycles. The van der Waals surface area contributed by atoms with Gasteiger partial charge in [-0.25, -0.2) is 0 Å². The highest BCUT2D eigenvalue weighted by Gasteiger charge is 2.37. The number of phenolic OH excluding ortho intramolecular Hbond substituents is 2. The Kier molecular flexibility index (Phi) is 3.45. The van der Waals surface area contributed by atoms with E-state index < -0.39 is 35.5 Å². The maximum Gasteiger partial charge on any atom is 0.305 e. The number of ether oxygens (including phenoxy) is 1. The fraction of sp³-hybridized carbons (Fsp3) is 0.312. The highest BCUT2D eigenvalue weighted by atomic mass is 16.5. The van der Waals surface area contributed by atoms with Gasteiger partial charge in [-0.2, -0.15) is 0 Å². The lowest BCUT2D eigenvalue weighted by Gasteiger charge is -2.32. The van der Waals surface area contributed by atoms with Gasteiger partial charge in [0, 0.05) is 17.5 Å². The second kappa shape index (κ2) is 5.20. The first-order chi connectivity index (χ1) is 10.8. The highest BCUT2D eigenvalue weighted by molar-refractivity contribution is 6.24. The Morgan fingerprint density at radius 2 is 1.74 bits per heavy atom. The number of carboxylic acids is 1. The smallest absolute Gasteiger partial charge is 0.305 e. The van der Waals surface area contributed by atoms with Crippen molar-refractivity contribution in [3.05, 3.63) is 34.4 Å². The van der Waals surface area contributed by atoms with E-state index in [0.717, 1.165) is 12.2 Å². The van der Waals surface area contributed by atoms with Crippen LogP contribution in [0.1, 0.15) is 51.3 Å². The van der Waals surface area contributed by atoms with E-state index in [-0.39, 0.29) is 40.8 Å². The number of carboxylic acid groups (broad SMARTS) is 1. The second-order valence-corrected chi connectivity index (χ2v) is 5.60. The predicted octanol–water partition coefficient (Wildman–Crippen LogP) is 1.51. The summed E-state index contributed by atoms with van der Waals surface area (Å²) in [5, 5.41) is 29.8. The van der Waals surface area contributed by atoms with Gasteiger partial charge >= 0.3 is 5.97 Å². The standard InChI is InChI=1S/C16H14O7/c1-6-12-8(4-7(23-6)5-11(19)20)15(21)13-9(17)2-3-10(18)14(13)16(12)22/h2-3,6-7,21-22H,4-5H2,1H3,(H,19,20)/t6-,7+/m0/s1. The van der Waals surface area contributed by atoms with Crippen LogP contribution in [0.4, 0.5) is 0 Å². The molecular weight excluding hydrogens is 304 g/mol. The second-order valence-electron chi connectivity index (χ2n) is 5.60. The van der Waals surface area contributed by atoms with Crippen LogP contribution in [0, 0.1) is 0 Å². The van der Waals surface area contributed by atoms with Gasteiger partial charge in [0.2, 0.25) is 0 Å². The molecule has 0 radical (unpaired) electrons. The number of hydrogen-bond acceptors (Lipinski definition) is 6. The monoisotopic (exact) mass is 318 g/mol. The number of phenols is 2. The Morgan fingerprint density at radius 3 is 2.30 bits per heavy atom. The zero-order valence-corrected chi connectivity index (χ0v) is 12.2. The fourth-order valence-electron chi connectivity index (χ4n) is 3.18. The third-order valence-corrected chi connectivity index (χ3v) is 4.11. The Balaban J connectivity index is 2.20. The summed E-state index contributed by atoms with van der Waals surface area (Å²) < 4.78 is 5.55. The van der Waals surface area contributed by atoms with E-state index in [1.165, 1.54) is 0 Å². The number of carbonyl (C=O) groups is 3. The summed E-state index contributed by atoms with van der Waals surface area (Å²) in [6, 6.07) is 0. The van der Waals surface area contributed by atoms with Crippen molar-refractivity contribution >= 4 is 17.5 Å². The summed E-state index contributed by atoms with van der Waals surface area (Å²) in [6.45, 7) is 1.59. The summed E-state index contributed by atoms with van der Waals surface area (Å²) in [5.41, 5.74) is -0.000140. The van der Waals surface area contributed by atoms with Crippen LogP contribution < -0.4 is 0 Å². The van der Waals surface area contributed by atoms with Crippen LogP contribution in [0.15, 0.2) is 12.2 Å². The molecule has 0 amide bonds. The Labute approximate surface area is 130 Å². The van der Waals surface area contributed by atoms with E-state index in [4.69, 9.17) is 9.84 Å². The summed E-state index contributed by atoms with van der Waals surface area (Å²) in [6.07, 6.45) is 0.430. The Bertz CT molecular complexity index is 775. The molecule has 1 heterocycles. The molecule has 7 nitrogen and oxygen atoms in total. The van der Waals surface area contributed by atoms with Crippen LogP contribution in [-0.2, 0) is 16.0 Å². The molecule has 7 heteroatoms. The number of aromatic hydroxyl groups is 2. The van der Waals surface area contributed by atoms with Gasteiger partial charge in [-0.05, 0) is 19.1 Å². The zero-order valence-electron chi connectivity index (χ0n) is 12.2. The Morgan fingerprint density at radius 1 is 1.17 bits per heavy atom. The molecular formula is C16H14O7. The normalized spacial score (nSPS) is 22.7. The van der Waals surface area contributed by atoms with Crippen molar-refractivity contribution in [2.75, 3.05) is 0 Å². The molecule has 3 N–H and O–H groups in total. The molecule has 2 aliphatic rings. The van der Waals surface area contributed by atoms with Crippen LogP contribution in [0.2, 0.25) is 0 Å². The third-order valence-electron chi connectivity index (χ3n) is 4.11. The molecule has 120 valence electrons. The average Bonchev–Trinajstić information content (AvgIpc) is 2.45. The minimum Gasteiger partial charge on any atom is -0.507 e. The van der Waals surface area contributed by atoms with Gasteiger partial charge < -0.3 is 20.1 Å². The van der Waals surface area contributed by atoms with Crippen molar-refractivity contribution in [3.63, 3.8) is 0 Å². The van der Waals surface area contributed by atoms with Gasteiger partial charge in [0.15, 0.2) is 11.6 Å². The minimum atomic E-state index is -1.05. The first-order valence-electron chi connectivity index (χ1n) is 7.05. The number of fused-ring (bicyclic) bond motifs is 2. The lowest BCUT2D eigenvalue weighted by molar-refractivity contribution is -0.141. The highest BCUT2D eigenvalue weighted by Crippen LogP contribution is 2.46. The molecule has 0 bridgehead atoms. The number of ketones is 2. The number of hydrogen-bond donors (Lipinski definition) is 3. The molecule has 0 unspecified atom stereocenters. The van der Waals surface area contributed by atoms with Crippen molar-refractivity contribution in [2.24, 2.45) is 0 Å². The van der Waals surface area contributed by atoms with Crippen LogP contribution in [0.25, 0.3) is 0 Å². The fourth-order valence-corrected chi connectivity index (χ4v) is 3.18. The average molecular weight is 318 g/mol. The maximum atomic E-state index is 12.0. The van der Waals surface area contributed by atoms with Gasteiger partial charge in [-0.3, -0.25) is 14.4 Å². The summed E-state index contributed by atoms with van der Waals surface area (Å²) in [7, 11) is 0. The molecule has 0 saturated heterocycles. The number of aliphatic carboxylic acids is 1. The molecule has 0 spiro atoms. The molecule has 0 fully saturated rings. The van der Waals surface area contributed by atoms with Crippen LogP contribution in [0.5, 0.6) is 11.5 Å². The van der Waals surface area contributed by atoms with Gasteiger partial charge in [-0.1, -0.05) is 0 Å². The summed E-state index contributed by atoms with van der Waals surface area (Å²) in [4.78, 5) is 34.8. The Hall–Kier alpha value is -2.67. The summed E-state index contributed by atoms with van der Waals surface area (Å²) in [5.74, 6) is -2.99. The SMILES string of the molecule is C[C@@H]1O[C@@H](CC(=O)O)Cc2c(O)c3c(c(O)c21)C(=O)C=CC3=O. The molecule has 3 rings (SSSR count). The van der Waals surface area contributed by atoms with Gasteiger partial charge in [0.1, 0.15) is 11.5 Å². The van der Waals surface area contributed by atoms with Crippen molar-refractivity contribution in [1.29, 1.82) is 0 Å². The largest absolute Gasteiger partial charge is 0.507 e. The van der Waals surface area contributed by atoms with E-state index in [2.05, 4.69) is 0 Å². The van der Waals surface area contributed by atoms with Crippen molar-refractivity contribution in [1.82, 2.24) is 0 Å². The topological polar surface area (TPSA) is 121 Å². The lowest BCUT2D eigenvalue weighted by atomic mass is 9.83. The molecule has 1 aliphatic carbocycles. The lowest BCUT2D eigenvalue weighted by Crippen LogP contribution is -2.29. The third kappa shape index (κ3) is 2.29. The maximum absolute atomic E-state index is 12.0. The van der Waals surface area contributed by atoms with Gasteiger partial charge in [0.25, 0.3) is 0 Å². The zero-order chi connectivity index (χ0) is 16.9. The number of benzene rings is 1. The van der Waals surface area contributed by atoms with E-state index in [0.29, 0.717) is 0 Å². The number of allylic oxidation sites excluding steroid dienone is 2. The van der Waals surface area contributed by atoms with Gasteiger partial charge in [0.05, 0.1) is 29.8 Å². The minimum absolute atomic E-state index is 0.0316. The van der Waals surface area contributed by atoms with Crippen LogP contribution >= 0.6 is 0 Å². The van der Waals surface area contributed by atoms with Crippen LogP contribution in [0.3, 0.4) is 0 Å². The van der Waals surface area contributed by atoms with E-state index >= 15 is 0 Å². The van der Waals surface area contributed by atoms with E-state index in [1.54, 1.807) is 6.92 Å². The molecule has 2 atom stereocenters. The van der Waals surface area contributed by atoms with Crippen LogP contribution in [-0.4, -0.2) is 39.0 Å². The number of carbonyl (C=O) groups excluding carboxylic acids is 2. The molecule has 0 aromatic heterocycles. The van der Waals surface area contributed by atoms with Crippen molar-refractivity contribution in [3.8, 4) is 11.5 Å². The first kappa shape index (κ1) is 15.2. The predicted molar refractivity (Wildman–Crippen MR) is 76.8 cm³/mol. The molecule has 1 aromatic carbocycles. The van der Waals surface area contributed by atoms with E-state index in [9.17, 15) is 24.6 Å². The molecule has 1 aliphatic heterocycles. The molecule has 23 heavy (non-hydrogen) atoms. The van der Waals surface area contributed by atoms with Crippen molar-refractivity contribution < 1.29 is 34.4 Å². The quantitative estimate of drug-likeness (QED) is 0.707. The van der Waals surface area contributed by atoms with E-state index in [1.807, 2.05) is 0 Å². The first-order valence-corrected chi connectivity index (χ1v) is 7.05. The number of rotatable bonds is 2. The summed E-state index contributed by atoms with van der Waals surface area (Å²) >= 11 is 0.